The van der Waals surface area contributed by atoms with E-state index >= 15 is 0 Å². The van der Waals surface area contributed by atoms with Crippen molar-refractivity contribution in [2.45, 2.75) is 26.4 Å². The summed E-state index contributed by atoms with van der Waals surface area (Å²) >= 11 is 0. The summed E-state index contributed by atoms with van der Waals surface area (Å²) in [5.41, 5.74) is 4.43. The van der Waals surface area contributed by atoms with Crippen LogP contribution in [0.2, 0.25) is 0 Å². The quantitative estimate of drug-likeness (QED) is 0.727. The van der Waals surface area contributed by atoms with Crippen molar-refractivity contribution in [1.29, 1.82) is 0 Å². The molecule has 0 fully saturated rings. The van der Waals surface area contributed by atoms with Crippen molar-refractivity contribution in [2.75, 3.05) is 11.9 Å². The van der Waals surface area contributed by atoms with Gasteiger partial charge < -0.3 is 10.6 Å². The van der Waals surface area contributed by atoms with Gasteiger partial charge in [0.25, 0.3) is 5.91 Å². The largest absolute Gasteiger partial charge is 0.321 e. The third-order valence-electron chi connectivity index (χ3n) is 4.86. The van der Waals surface area contributed by atoms with Gasteiger partial charge in [0.2, 0.25) is 0 Å². The molecule has 144 valence electrons. The molecule has 3 aromatic rings. The number of aromatic nitrogens is 3. The van der Waals surface area contributed by atoms with E-state index < -0.39 is 11.6 Å². The Bertz CT molecular complexity index is 1050. The number of amides is 1. The van der Waals surface area contributed by atoms with Crippen molar-refractivity contribution >= 4 is 11.6 Å². The first kappa shape index (κ1) is 18.2. The summed E-state index contributed by atoms with van der Waals surface area (Å²) in [6.07, 6.45) is 0.919. The second-order valence-corrected chi connectivity index (χ2v) is 6.79. The second kappa shape index (κ2) is 7.47. The third-order valence-corrected chi connectivity index (χ3v) is 4.86. The van der Waals surface area contributed by atoms with Gasteiger partial charge in [-0.25, -0.2) is 13.5 Å². The maximum atomic E-state index is 13.4. The van der Waals surface area contributed by atoms with Gasteiger partial charge in [-0.15, -0.1) is 5.10 Å². The molecule has 0 bridgehead atoms. The Hall–Kier alpha value is -3.13. The van der Waals surface area contributed by atoms with Crippen LogP contribution in [0, 0.1) is 18.6 Å². The maximum absolute atomic E-state index is 13.4. The lowest BCUT2D eigenvalue weighted by Crippen LogP contribution is -2.23. The molecule has 0 spiro atoms. The molecule has 4 rings (SSSR count). The molecule has 0 atom stereocenters. The van der Waals surface area contributed by atoms with Crippen molar-refractivity contribution in [2.24, 2.45) is 0 Å². The molecule has 1 aromatic heterocycles. The van der Waals surface area contributed by atoms with Crippen LogP contribution in [0.1, 0.15) is 32.9 Å². The second-order valence-electron chi connectivity index (χ2n) is 6.79. The maximum Gasteiger partial charge on any atom is 0.278 e. The van der Waals surface area contributed by atoms with Crippen molar-refractivity contribution in [3.8, 4) is 0 Å². The zero-order chi connectivity index (χ0) is 19.7. The van der Waals surface area contributed by atoms with Crippen LogP contribution in [0.4, 0.5) is 14.5 Å². The minimum atomic E-state index is -0.921. The van der Waals surface area contributed by atoms with Gasteiger partial charge in [0.05, 0.1) is 12.2 Å². The standard InChI is InChI=1S/C20H19F2N5O/c1-12-19(25-26-27(12)11-13-2-5-17(21)18(22)8-13)20(28)24-16-4-3-15-10-23-7-6-14(15)9-16/h2-5,8-9,23H,6-7,10-11H2,1H3,(H,24,28). The van der Waals surface area contributed by atoms with E-state index in [-0.39, 0.29) is 18.1 Å². The molecule has 28 heavy (non-hydrogen) atoms. The number of hydrogen-bond donors (Lipinski definition) is 2. The highest BCUT2D eigenvalue weighted by molar-refractivity contribution is 6.03. The smallest absolute Gasteiger partial charge is 0.278 e. The minimum Gasteiger partial charge on any atom is -0.321 e. The van der Waals surface area contributed by atoms with Crippen LogP contribution >= 0.6 is 0 Å². The SMILES string of the molecule is Cc1c(C(=O)Nc2ccc3c(c2)CCNC3)nnn1Cc1ccc(F)c(F)c1. The first-order chi connectivity index (χ1) is 13.5. The first-order valence-electron chi connectivity index (χ1n) is 8.99. The summed E-state index contributed by atoms with van der Waals surface area (Å²) in [6, 6.07) is 9.50. The third kappa shape index (κ3) is 3.63. The minimum absolute atomic E-state index is 0.190. The summed E-state index contributed by atoms with van der Waals surface area (Å²) < 4.78 is 27.9. The molecule has 0 unspecified atom stereocenters. The van der Waals surface area contributed by atoms with E-state index in [2.05, 4.69) is 20.9 Å². The molecule has 0 saturated heterocycles. The summed E-state index contributed by atoms with van der Waals surface area (Å²) in [5, 5.41) is 14.1. The molecule has 0 aliphatic carbocycles. The summed E-state index contributed by atoms with van der Waals surface area (Å²) in [5.74, 6) is -2.18. The first-order valence-corrected chi connectivity index (χ1v) is 8.99. The van der Waals surface area contributed by atoms with Gasteiger partial charge in [0.1, 0.15) is 0 Å². The molecule has 0 saturated carbocycles. The highest BCUT2D eigenvalue weighted by Gasteiger charge is 2.18. The van der Waals surface area contributed by atoms with Crippen LogP contribution in [0.15, 0.2) is 36.4 Å². The van der Waals surface area contributed by atoms with Gasteiger partial charge in [-0.2, -0.15) is 0 Å². The lowest BCUT2D eigenvalue weighted by Gasteiger charge is -2.18. The number of fused-ring (bicyclic) bond motifs is 1. The van der Waals surface area contributed by atoms with E-state index in [0.29, 0.717) is 16.9 Å². The van der Waals surface area contributed by atoms with Crippen LogP contribution in [0.25, 0.3) is 0 Å². The number of anilines is 1. The number of nitrogens with zero attached hydrogens (tertiary/aromatic N) is 3. The van der Waals surface area contributed by atoms with Crippen LogP contribution in [0.3, 0.4) is 0 Å². The number of carbonyl (C=O) groups is 1. The van der Waals surface area contributed by atoms with Crippen LogP contribution in [-0.2, 0) is 19.5 Å². The van der Waals surface area contributed by atoms with Gasteiger partial charge in [0.15, 0.2) is 17.3 Å². The molecule has 8 heteroatoms. The molecule has 1 aliphatic heterocycles. The number of halogens is 2. The van der Waals surface area contributed by atoms with Crippen molar-refractivity contribution < 1.29 is 13.6 Å². The number of nitrogens with one attached hydrogen (secondary N) is 2. The van der Waals surface area contributed by atoms with Gasteiger partial charge >= 0.3 is 0 Å². The van der Waals surface area contributed by atoms with Crippen LogP contribution in [-0.4, -0.2) is 27.4 Å². The predicted octanol–water partition coefficient (Wildman–Crippen LogP) is 2.81. The lowest BCUT2D eigenvalue weighted by atomic mass is 10.0. The fourth-order valence-corrected chi connectivity index (χ4v) is 3.28. The highest BCUT2D eigenvalue weighted by Crippen LogP contribution is 2.20. The van der Waals surface area contributed by atoms with E-state index in [1.807, 2.05) is 18.2 Å². The van der Waals surface area contributed by atoms with Crippen molar-refractivity contribution in [3.05, 3.63) is 76.1 Å². The number of hydrogen-bond acceptors (Lipinski definition) is 4. The zero-order valence-corrected chi connectivity index (χ0v) is 15.3. The highest BCUT2D eigenvalue weighted by atomic mass is 19.2. The fourth-order valence-electron chi connectivity index (χ4n) is 3.28. The monoisotopic (exact) mass is 383 g/mol. The average Bonchev–Trinajstić information content (AvgIpc) is 3.05. The Morgan fingerprint density at radius 1 is 1.18 bits per heavy atom. The van der Waals surface area contributed by atoms with Crippen LogP contribution in [0.5, 0.6) is 0 Å². The van der Waals surface area contributed by atoms with Crippen LogP contribution < -0.4 is 10.6 Å². The molecular weight excluding hydrogens is 364 g/mol. The number of benzene rings is 2. The zero-order valence-electron chi connectivity index (χ0n) is 15.3. The van der Waals surface area contributed by atoms with Gasteiger partial charge in [-0.05, 0) is 60.8 Å². The summed E-state index contributed by atoms with van der Waals surface area (Å²) in [7, 11) is 0. The van der Waals surface area contributed by atoms with E-state index in [9.17, 15) is 13.6 Å². The number of rotatable bonds is 4. The van der Waals surface area contributed by atoms with Gasteiger partial charge in [-0.3, -0.25) is 4.79 Å². The molecule has 2 heterocycles. The summed E-state index contributed by atoms with van der Waals surface area (Å²) in [4.78, 5) is 12.6. The van der Waals surface area contributed by atoms with Gasteiger partial charge in [-0.1, -0.05) is 17.3 Å². The Morgan fingerprint density at radius 2 is 2.04 bits per heavy atom. The normalized spacial score (nSPS) is 13.2. The Morgan fingerprint density at radius 3 is 2.86 bits per heavy atom. The fraction of sp³-hybridized carbons (Fsp3) is 0.250. The Labute approximate surface area is 160 Å². The molecule has 0 radical (unpaired) electrons. The van der Waals surface area contributed by atoms with Crippen molar-refractivity contribution in [3.63, 3.8) is 0 Å². The summed E-state index contributed by atoms with van der Waals surface area (Å²) in [6.45, 7) is 3.66. The molecule has 2 N–H and O–H groups in total. The molecule has 1 amide bonds. The molecular formula is C20H19F2N5O. The van der Waals surface area contributed by atoms with E-state index in [1.165, 1.54) is 21.9 Å². The number of carbonyl (C=O) groups excluding carboxylic acids is 1. The van der Waals surface area contributed by atoms with E-state index in [0.717, 1.165) is 31.6 Å². The lowest BCUT2D eigenvalue weighted by molar-refractivity contribution is 0.102. The van der Waals surface area contributed by atoms with Crippen molar-refractivity contribution in [1.82, 2.24) is 20.3 Å². The predicted molar refractivity (Wildman–Crippen MR) is 100 cm³/mol. The molecule has 6 nitrogen and oxygen atoms in total. The topological polar surface area (TPSA) is 71.8 Å². The van der Waals surface area contributed by atoms with Gasteiger partial charge in [0, 0.05) is 12.2 Å². The van der Waals surface area contributed by atoms with E-state index in [4.69, 9.17) is 0 Å². The molecule has 2 aromatic carbocycles. The Kier molecular flexibility index (Phi) is 4.87. The van der Waals surface area contributed by atoms with E-state index in [1.54, 1.807) is 6.92 Å². The average molecular weight is 383 g/mol. The molecule has 1 aliphatic rings. The Balaban J connectivity index is 1.50.